The number of ether oxygens (including phenoxy) is 1. The van der Waals surface area contributed by atoms with Crippen LogP contribution in [0, 0.1) is 0 Å². The number of methoxy groups -OCH3 is 1. The van der Waals surface area contributed by atoms with Crippen molar-refractivity contribution in [3.8, 4) is 11.4 Å². The maximum absolute atomic E-state index is 12.7. The number of nitrogens with zero attached hydrogens (tertiary/aromatic N) is 3. The molecule has 0 saturated heterocycles. The van der Waals surface area contributed by atoms with Crippen LogP contribution in [0.15, 0.2) is 50.4 Å². The molecule has 0 atom stereocenters. The Kier molecular flexibility index (Phi) is 5.62. The molecule has 0 saturated carbocycles. The summed E-state index contributed by atoms with van der Waals surface area (Å²) >= 11 is 9.60. The lowest BCUT2D eigenvalue weighted by Crippen LogP contribution is -2.41. The highest BCUT2D eigenvalue weighted by Gasteiger charge is 2.29. The predicted octanol–water partition coefficient (Wildman–Crippen LogP) is 2.97. The van der Waals surface area contributed by atoms with Crippen LogP contribution in [-0.2, 0) is 23.2 Å². The molecule has 158 valence electrons. The van der Waals surface area contributed by atoms with Gasteiger partial charge < -0.3 is 9.26 Å². The summed E-state index contributed by atoms with van der Waals surface area (Å²) in [5.74, 6) is 0.560. The number of anilines is 1. The van der Waals surface area contributed by atoms with Crippen LogP contribution in [0.25, 0.3) is 5.69 Å². The highest BCUT2D eigenvalue weighted by molar-refractivity contribution is 9.10. The number of nitrogens with one attached hydrogen (secondary N) is 1. The molecule has 30 heavy (non-hydrogen) atoms. The summed E-state index contributed by atoms with van der Waals surface area (Å²) in [5.41, 5.74) is 1.63. The molecule has 0 amide bonds. The zero-order valence-corrected chi connectivity index (χ0v) is 18.8. The second-order valence-corrected chi connectivity index (χ2v) is 9.42. The maximum atomic E-state index is 12.7. The second kappa shape index (κ2) is 8.06. The van der Waals surface area contributed by atoms with Crippen molar-refractivity contribution in [3.05, 3.63) is 67.7 Å². The smallest absolute Gasteiger partial charge is 0.303 e. The Morgan fingerprint density at radius 2 is 2.10 bits per heavy atom. The van der Waals surface area contributed by atoms with Crippen LogP contribution in [-0.4, -0.2) is 36.1 Å². The Morgan fingerprint density at radius 1 is 1.30 bits per heavy atom. The van der Waals surface area contributed by atoms with E-state index in [1.54, 1.807) is 18.2 Å². The van der Waals surface area contributed by atoms with E-state index in [-0.39, 0.29) is 24.5 Å². The molecule has 0 bridgehead atoms. The van der Waals surface area contributed by atoms with Crippen LogP contribution in [0.1, 0.15) is 11.3 Å². The van der Waals surface area contributed by atoms with E-state index in [0.717, 1.165) is 0 Å². The summed E-state index contributed by atoms with van der Waals surface area (Å²) in [5, 5.41) is 4.00. The first-order valence-electron chi connectivity index (χ1n) is 8.75. The van der Waals surface area contributed by atoms with Gasteiger partial charge in [-0.3, -0.25) is 14.1 Å². The van der Waals surface area contributed by atoms with E-state index in [1.807, 2.05) is 0 Å². The van der Waals surface area contributed by atoms with Gasteiger partial charge in [0.25, 0.3) is 5.56 Å². The van der Waals surface area contributed by atoms with Crippen molar-refractivity contribution in [2.24, 2.45) is 0 Å². The zero-order valence-electron chi connectivity index (χ0n) is 15.6. The molecule has 0 radical (unpaired) electrons. The van der Waals surface area contributed by atoms with Gasteiger partial charge in [-0.15, -0.1) is 0 Å². The molecular weight excluding hydrogens is 500 g/mol. The van der Waals surface area contributed by atoms with E-state index in [4.69, 9.17) is 16.3 Å². The summed E-state index contributed by atoms with van der Waals surface area (Å²) in [4.78, 5) is 12.7. The number of hydrogen-bond acceptors (Lipinski definition) is 6. The average Bonchev–Trinajstić information content (AvgIpc) is 3.21. The van der Waals surface area contributed by atoms with Gasteiger partial charge in [-0.1, -0.05) is 22.8 Å². The summed E-state index contributed by atoms with van der Waals surface area (Å²) < 4.78 is 41.3. The van der Waals surface area contributed by atoms with Crippen LogP contribution < -0.4 is 15.0 Å². The van der Waals surface area contributed by atoms with E-state index in [0.29, 0.717) is 38.6 Å². The van der Waals surface area contributed by atoms with Gasteiger partial charge in [0, 0.05) is 41.8 Å². The van der Waals surface area contributed by atoms with Crippen LogP contribution in [0.5, 0.6) is 5.75 Å². The third-order valence-corrected chi connectivity index (χ3v) is 7.36. The van der Waals surface area contributed by atoms with Crippen LogP contribution in [0.4, 0.5) is 5.82 Å². The van der Waals surface area contributed by atoms with Crippen molar-refractivity contribution < 1.29 is 17.7 Å². The molecular formula is C18H16BrClN4O5S. The lowest BCUT2D eigenvalue weighted by Gasteiger charge is -2.29. The molecule has 4 rings (SSSR count). The van der Waals surface area contributed by atoms with Crippen molar-refractivity contribution >= 4 is 43.6 Å². The first-order valence-corrected chi connectivity index (χ1v) is 11.4. The number of rotatable bonds is 5. The predicted molar refractivity (Wildman–Crippen MR) is 114 cm³/mol. The lowest BCUT2D eigenvalue weighted by molar-refractivity contribution is 0.384. The quantitative estimate of drug-likeness (QED) is 0.560. The molecule has 0 aliphatic carbocycles. The minimum Gasteiger partial charge on any atom is -0.495 e. The number of aromatic nitrogens is 2. The van der Waals surface area contributed by atoms with Gasteiger partial charge in [-0.2, -0.15) is 12.7 Å². The number of pyridine rings is 1. The van der Waals surface area contributed by atoms with Crippen molar-refractivity contribution in [3.63, 3.8) is 0 Å². The number of hydrogen-bond donors (Lipinski definition) is 1. The van der Waals surface area contributed by atoms with Gasteiger partial charge in [-0.25, -0.2) is 0 Å². The highest BCUT2D eigenvalue weighted by atomic mass is 79.9. The number of halogens is 2. The second-order valence-electron chi connectivity index (χ2n) is 6.49. The monoisotopic (exact) mass is 514 g/mol. The summed E-state index contributed by atoms with van der Waals surface area (Å²) in [6, 6.07) is 7.78. The number of fused-ring (bicyclic) bond motifs is 1. The van der Waals surface area contributed by atoms with E-state index < -0.39 is 10.2 Å². The molecule has 2 aromatic heterocycles. The van der Waals surface area contributed by atoms with Crippen LogP contribution in [0.2, 0.25) is 5.02 Å². The van der Waals surface area contributed by atoms with Gasteiger partial charge >= 0.3 is 10.2 Å². The third-order valence-electron chi connectivity index (χ3n) is 4.71. The van der Waals surface area contributed by atoms with Crippen molar-refractivity contribution in [2.75, 3.05) is 18.4 Å². The standard InChI is InChI=1S/C18H16BrClN4O5S/c1-28-16-8-12(19)13(20)9-15(16)24-14-4-6-23(10-11(14)2-3-18(24)25)30(26,27)22-17-5-7-29-21-17/h2-3,5,7-9H,4,6,10H2,1H3,(H,21,22). The van der Waals surface area contributed by atoms with E-state index in [1.165, 1.54) is 34.4 Å². The molecule has 1 aromatic carbocycles. The highest BCUT2D eigenvalue weighted by Crippen LogP contribution is 2.34. The molecule has 12 heteroatoms. The minimum atomic E-state index is -3.84. The first kappa shape index (κ1) is 20.9. The van der Waals surface area contributed by atoms with Gasteiger partial charge in [0.15, 0.2) is 5.82 Å². The Hall–Kier alpha value is -2.34. The average molecular weight is 516 g/mol. The van der Waals surface area contributed by atoms with Crippen molar-refractivity contribution in [2.45, 2.75) is 13.0 Å². The Morgan fingerprint density at radius 3 is 2.80 bits per heavy atom. The van der Waals surface area contributed by atoms with E-state index in [2.05, 4.69) is 30.3 Å². The molecule has 0 unspecified atom stereocenters. The SMILES string of the molecule is COc1cc(Br)c(Cl)cc1-n1c2c(ccc1=O)CN(S(=O)(=O)Nc1ccon1)CC2. The molecule has 9 nitrogen and oxygen atoms in total. The van der Waals surface area contributed by atoms with Gasteiger partial charge in [0.05, 0.1) is 17.8 Å². The van der Waals surface area contributed by atoms with Crippen LogP contribution >= 0.6 is 27.5 Å². The fraction of sp³-hybridized carbons (Fsp3) is 0.222. The molecule has 3 heterocycles. The lowest BCUT2D eigenvalue weighted by atomic mass is 10.1. The van der Waals surface area contributed by atoms with E-state index in [9.17, 15) is 13.2 Å². The fourth-order valence-electron chi connectivity index (χ4n) is 3.32. The number of benzene rings is 1. The summed E-state index contributed by atoms with van der Waals surface area (Å²) in [7, 11) is -2.34. The van der Waals surface area contributed by atoms with Gasteiger partial charge in [-0.05, 0) is 33.6 Å². The van der Waals surface area contributed by atoms with Gasteiger partial charge in [0.1, 0.15) is 12.0 Å². The minimum absolute atomic E-state index is 0.0926. The summed E-state index contributed by atoms with van der Waals surface area (Å²) in [6.07, 6.45) is 1.60. The van der Waals surface area contributed by atoms with Gasteiger partial charge in [0.2, 0.25) is 0 Å². The normalized spacial score (nSPS) is 14.4. The Labute approximate surface area is 185 Å². The zero-order chi connectivity index (χ0) is 21.5. The molecule has 0 spiro atoms. The van der Waals surface area contributed by atoms with Crippen molar-refractivity contribution in [1.82, 2.24) is 14.0 Å². The molecule has 1 N–H and O–H groups in total. The molecule has 1 aliphatic heterocycles. The Balaban J connectivity index is 1.74. The van der Waals surface area contributed by atoms with Crippen LogP contribution in [0.3, 0.4) is 0 Å². The molecule has 1 aliphatic rings. The Bertz CT molecular complexity index is 1260. The third kappa shape index (κ3) is 3.85. The topological polar surface area (TPSA) is 107 Å². The summed E-state index contributed by atoms with van der Waals surface area (Å²) in [6.45, 7) is 0.269. The molecule has 0 fully saturated rings. The maximum Gasteiger partial charge on any atom is 0.303 e. The largest absolute Gasteiger partial charge is 0.495 e. The molecule has 3 aromatic rings. The van der Waals surface area contributed by atoms with Crippen molar-refractivity contribution in [1.29, 1.82) is 0 Å². The fourth-order valence-corrected chi connectivity index (χ4v) is 4.94. The van der Waals surface area contributed by atoms with E-state index >= 15 is 0 Å². The first-order chi connectivity index (χ1) is 14.3.